The molecule has 3 aromatic rings. The van der Waals surface area contributed by atoms with Gasteiger partial charge in [-0.3, -0.25) is 5.10 Å². The number of methoxy groups -OCH3 is 1. The minimum Gasteiger partial charge on any atom is -0.496 e. The van der Waals surface area contributed by atoms with Crippen LogP contribution in [0.4, 0.5) is 0 Å². The molecule has 0 bridgehead atoms. The number of para-hydroxylation sites is 1. The van der Waals surface area contributed by atoms with Crippen LogP contribution >= 0.6 is 0 Å². The van der Waals surface area contributed by atoms with E-state index >= 15 is 0 Å². The maximum absolute atomic E-state index is 5.32. The van der Waals surface area contributed by atoms with Crippen molar-refractivity contribution in [1.82, 2.24) is 20.4 Å². The van der Waals surface area contributed by atoms with Gasteiger partial charge in [0.2, 0.25) is 0 Å². The van der Waals surface area contributed by atoms with Crippen LogP contribution in [-0.2, 0) is 0 Å². The van der Waals surface area contributed by atoms with E-state index in [1.807, 2.05) is 30.3 Å². The number of aromatic amines is 1. The van der Waals surface area contributed by atoms with Crippen LogP contribution in [0.1, 0.15) is 0 Å². The predicted molar refractivity (Wildman–Crippen MR) is 63.7 cm³/mol. The second-order valence-corrected chi connectivity index (χ2v) is 3.57. The molecule has 0 unspecified atom stereocenters. The van der Waals surface area contributed by atoms with Gasteiger partial charge in [0, 0.05) is 5.56 Å². The smallest absolute Gasteiger partial charge is 0.139 e. The number of hydrogen-bond donors (Lipinski definition) is 1. The number of nitrogens with zero attached hydrogens (tertiary/aromatic N) is 3. The van der Waals surface area contributed by atoms with Crippen molar-refractivity contribution < 1.29 is 4.74 Å². The summed E-state index contributed by atoms with van der Waals surface area (Å²) in [5.74, 6) is 0.770. The highest BCUT2D eigenvalue weighted by atomic mass is 16.5. The van der Waals surface area contributed by atoms with Gasteiger partial charge in [-0.25, -0.2) is 0 Å². The van der Waals surface area contributed by atoms with Crippen LogP contribution in [0.5, 0.6) is 5.75 Å². The van der Waals surface area contributed by atoms with Crippen LogP contribution in [0.15, 0.2) is 36.5 Å². The van der Waals surface area contributed by atoms with E-state index in [9.17, 15) is 0 Å². The van der Waals surface area contributed by atoms with Crippen LogP contribution in [0, 0.1) is 0 Å². The Morgan fingerprint density at radius 2 is 2.06 bits per heavy atom. The van der Waals surface area contributed by atoms with Crippen molar-refractivity contribution in [3.63, 3.8) is 0 Å². The SMILES string of the molecule is COc1ccccc1-c1n[nH]c2ccnnc12. The average Bonchev–Trinajstić information content (AvgIpc) is 2.82. The lowest BCUT2D eigenvalue weighted by atomic mass is 10.1. The Morgan fingerprint density at radius 3 is 2.94 bits per heavy atom. The Kier molecular flexibility index (Phi) is 2.22. The van der Waals surface area contributed by atoms with Gasteiger partial charge < -0.3 is 4.74 Å². The molecule has 17 heavy (non-hydrogen) atoms. The summed E-state index contributed by atoms with van der Waals surface area (Å²) in [6, 6.07) is 9.54. The first kappa shape index (κ1) is 9.77. The van der Waals surface area contributed by atoms with Gasteiger partial charge in [0.15, 0.2) is 0 Å². The Hall–Kier alpha value is -2.43. The van der Waals surface area contributed by atoms with Gasteiger partial charge in [-0.05, 0) is 18.2 Å². The summed E-state index contributed by atoms with van der Waals surface area (Å²) in [6.07, 6.45) is 1.63. The van der Waals surface area contributed by atoms with Crippen molar-refractivity contribution in [2.24, 2.45) is 0 Å². The zero-order valence-electron chi connectivity index (χ0n) is 9.21. The van der Waals surface area contributed by atoms with E-state index in [2.05, 4.69) is 20.4 Å². The minimum atomic E-state index is 0.747. The number of rotatable bonds is 2. The normalized spacial score (nSPS) is 10.6. The molecule has 84 valence electrons. The summed E-state index contributed by atoms with van der Waals surface area (Å²) in [5.41, 5.74) is 3.27. The Labute approximate surface area is 97.5 Å². The summed E-state index contributed by atoms with van der Waals surface area (Å²) in [6.45, 7) is 0. The third-order valence-corrected chi connectivity index (χ3v) is 2.60. The number of hydrogen-bond acceptors (Lipinski definition) is 4. The summed E-state index contributed by atoms with van der Waals surface area (Å²) in [4.78, 5) is 0. The minimum absolute atomic E-state index is 0.747. The summed E-state index contributed by atoms with van der Waals surface area (Å²) < 4.78 is 5.32. The number of fused-ring (bicyclic) bond motifs is 1. The molecule has 5 heteroatoms. The monoisotopic (exact) mass is 226 g/mol. The van der Waals surface area contributed by atoms with E-state index in [0.717, 1.165) is 28.0 Å². The molecular formula is C12H10N4O. The average molecular weight is 226 g/mol. The van der Waals surface area contributed by atoms with E-state index in [1.54, 1.807) is 13.3 Å². The first-order chi connectivity index (χ1) is 8.40. The molecule has 0 radical (unpaired) electrons. The van der Waals surface area contributed by atoms with Crippen molar-refractivity contribution in [2.75, 3.05) is 7.11 Å². The first-order valence-electron chi connectivity index (χ1n) is 5.19. The van der Waals surface area contributed by atoms with Crippen molar-refractivity contribution >= 4 is 11.0 Å². The van der Waals surface area contributed by atoms with E-state index in [0.29, 0.717) is 0 Å². The van der Waals surface area contributed by atoms with E-state index < -0.39 is 0 Å². The highest BCUT2D eigenvalue weighted by molar-refractivity contribution is 5.90. The summed E-state index contributed by atoms with van der Waals surface area (Å²) >= 11 is 0. The zero-order chi connectivity index (χ0) is 11.7. The number of H-pyrrole nitrogens is 1. The Balaban J connectivity index is 2.27. The van der Waals surface area contributed by atoms with Crippen molar-refractivity contribution in [1.29, 1.82) is 0 Å². The quantitative estimate of drug-likeness (QED) is 0.726. The largest absolute Gasteiger partial charge is 0.496 e. The molecule has 0 fully saturated rings. The molecule has 0 atom stereocenters. The maximum Gasteiger partial charge on any atom is 0.139 e. The second-order valence-electron chi connectivity index (χ2n) is 3.57. The van der Waals surface area contributed by atoms with E-state index in [-0.39, 0.29) is 0 Å². The molecule has 1 N–H and O–H groups in total. The van der Waals surface area contributed by atoms with Crippen LogP contribution in [0.25, 0.3) is 22.3 Å². The van der Waals surface area contributed by atoms with Gasteiger partial charge in [0.25, 0.3) is 0 Å². The van der Waals surface area contributed by atoms with Gasteiger partial charge in [0.05, 0.1) is 18.8 Å². The fourth-order valence-electron chi connectivity index (χ4n) is 1.79. The standard InChI is InChI=1S/C12H10N4O/c1-17-10-5-3-2-4-8(10)11-12-9(14-16-11)6-7-13-15-12/h2-7H,1H3,(H,14,16). The fourth-order valence-corrected chi connectivity index (χ4v) is 1.79. The fraction of sp³-hybridized carbons (Fsp3) is 0.0833. The van der Waals surface area contributed by atoms with E-state index in [4.69, 9.17) is 4.74 Å². The number of ether oxygens (including phenoxy) is 1. The van der Waals surface area contributed by atoms with Gasteiger partial charge in [-0.1, -0.05) is 12.1 Å². The van der Waals surface area contributed by atoms with Gasteiger partial charge in [0.1, 0.15) is 17.0 Å². The molecule has 0 aliphatic rings. The third-order valence-electron chi connectivity index (χ3n) is 2.60. The lowest BCUT2D eigenvalue weighted by Crippen LogP contribution is -1.89. The second kappa shape index (κ2) is 3.86. The lowest BCUT2D eigenvalue weighted by Gasteiger charge is -2.04. The molecule has 0 amide bonds. The highest BCUT2D eigenvalue weighted by Gasteiger charge is 2.13. The van der Waals surface area contributed by atoms with E-state index in [1.165, 1.54) is 0 Å². The molecular weight excluding hydrogens is 216 g/mol. The van der Waals surface area contributed by atoms with Crippen LogP contribution in [-0.4, -0.2) is 27.5 Å². The molecule has 2 aromatic heterocycles. The molecule has 0 saturated carbocycles. The molecule has 5 nitrogen and oxygen atoms in total. The molecule has 0 aliphatic carbocycles. The van der Waals surface area contributed by atoms with Gasteiger partial charge in [-0.2, -0.15) is 10.2 Å². The van der Waals surface area contributed by atoms with Crippen molar-refractivity contribution in [3.8, 4) is 17.0 Å². The summed E-state index contributed by atoms with van der Waals surface area (Å²) in [5, 5.41) is 15.2. The van der Waals surface area contributed by atoms with Gasteiger partial charge in [-0.15, -0.1) is 5.10 Å². The highest BCUT2D eigenvalue weighted by Crippen LogP contribution is 2.31. The first-order valence-corrected chi connectivity index (χ1v) is 5.19. The predicted octanol–water partition coefficient (Wildman–Crippen LogP) is 2.03. The molecule has 1 aromatic carbocycles. The van der Waals surface area contributed by atoms with Crippen molar-refractivity contribution in [3.05, 3.63) is 36.5 Å². The van der Waals surface area contributed by atoms with Crippen molar-refractivity contribution in [2.45, 2.75) is 0 Å². The number of nitrogens with one attached hydrogen (secondary N) is 1. The molecule has 0 aliphatic heterocycles. The maximum atomic E-state index is 5.32. The third kappa shape index (κ3) is 1.52. The zero-order valence-corrected chi connectivity index (χ0v) is 9.21. The molecule has 2 heterocycles. The summed E-state index contributed by atoms with van der Waals surface area (Å²) in [7, 11) is 1.64. The van der Waals surface area contributed by atoms with Crippen LogP contribution in [0.2, 0.25) is 0 Å². The number of aromatic nitrogens is 4. The Morgan fingerprint density at radius 1 is 1.18 bits per heavy atom. The topological polar surface area (TPSA) is 63.7 Å². The lowest BCUT2D eigenvalue weighted by molar-refractivity contribution is 0.416. The van der Waals surface area contributed by atoms with Gasteiger partial charge >= 0.3 is 0 Å². The molecule has 0 spiro atoms. The van der Waals surface area contributed by atoms with Crippen LogP contribution < -0.4 is 4.74 Å². The molecule has 3 rings (SSSR count). The number of benzene rings is 1. The molecule has 0 saturated heterocycles. The Bertz CT molecular complexity index is 662. The van der Waals surface area contributed by atoms with Crippen LogP contribution in [0.3, 0.4) is 0 Å².